The molecule has 1 unspecified atom stereocenters. The normalized spacial score (nSPS) is 12.1. The van der Waals surface area contributed by atoms with Crippen LogP contribution < -0.4 is 4.74 Å². The van der Waals surface area contributed by atoms with Crippen LogP contribution >= 0.6 is 0 Å². The van der Waals surface area contributed by atoms with Crippen LogP contribution in [0.25, 0.3) is 0 Å². The SMILES string of the molecule is CCCCC(CCCC[C@H](CCOCCC(=O)O)c1ccc(C#Cc2ccccc2)cc1)C(=O)CCCc1ccc(OC)cc1. The number of hydrogen-bond acceptors (Lipinski definition) is 4. The number of carboxylic acids is 1. The van der Waals surface area contributed by atoms with Crippen molar-refractivity contribution in [3.63, 3.8) is 0 Å². The van der Waals surface area contributed by atoms with Gasteiger partial charge in [0.2, 0.25) is 0 Å². The third-order valence-corrected chi connectivity index (χ3v) is 8.34. The maximum absolute atomic E-state index is 13.2. The summed E-state index contributed by atoms with van der Waals surface area (Å²) in [6, 6.07) is 26.6. The van der Waals surface area contributed by atoms with Crippen LogP contribution in [0.15, 0.2) is 78.9 Å². The summed E-state index contributed by atoms with van der Waals surface area (Å²) in [5.41, 5.74) is 4.46. The highest BCUT2D eigenvalue weighted by molar-refractivity contribution is 5.80. The first kappa shape index (κ1) is 35.6. The van der Waals surface area contributed by atoms with Crippen molar-refractivity contribution in [1.82, 2.24) is 0 Å². The van der Waals surface area contributed by atoms with E-state index in [1.165, 1.54) is 11.1 Å². The Kier molecular flexibility index (Phi) is 16.6. The number of hydrogen-bond donors (Lipinski definition) is 1. The van der Waals surface area contributed by atoms with Gasteiger partial charge in [0, 0.05) is 30.1 Å². The van der Waals surface area contributed by atoms with Gasteiger partial charge >= 0.3 is 5.97 Å². The lowest BCUT2D eigenvalue weighted by atomic mass is 9.86. The average molecular weight is 611 g/mol. The molecule has 0 aromatic heterocycles. The van der Waals surface area contributed by atoms with Crippen LogP contribution in [0.5, 0.6) is 5.75 Å². The number of unbranched alkanes of at least 4 members (excludes halogenated alkanes) is 2. The van der Waals surface area contributed by atoms with Crippen LogP contribution in [0.3, 0.4) is 0 Å². The minimum absolute atomic E-state index is 0.0206. The van der Waals surface area contributed by atoms with Crippen molar-refractivity contribution in [3.8, 4) is 17.6 Å². The Morgan fingerprint density at radius 1 is 0.733 bits per heavy atom. The quantitative estimate of drug-likeness (QED) is 0.0962. The van der Waals surface area contributed by atoms with E-state index >= 15 is 0 Å². The lowest BCUT2D eigenvalue weighted by Gasteiger charge is -2.19. The van der Waals surface area contributed by atoms with Crippen molar-refractivity contribution in [2.45, 2.75) is 89.9 Å². The second kappa shape index (κ2) is 21.0. The van der Waals surface area contributed by atoms with Gasteiger partial charge in [0.25, 0.3) is 0 Å². The van der Waals surface area contributed by atoms with Crippen LogP contribution in [0.4, 0.5) is 0 Å². The van der Waals surface area contributed by atoms with E-state index < -0.39 is 5.97 Å². The fraction of sp³-hybridized carbons (Fsp3) is 0.450. The van der Waals surface area contributed by atoms with Crippen LogP contribution in [-0.4, -0.2) is 37.2 Å². The molecular weight excluding hydrogens is 560 g/mol. The van der Waals surface area contributed by atoms with Gasteiger partial charge in [-0.3, -0.25) is 9.59 Å². The first-order valence-electron chi connectivity index (χ1n) is 16.6. The van der Waals surface area contributed by atoms with Crippen LogP contribution in [-0.2, 0) is 20.7 Å². The number of carbonyl (C=O) groups is 2. The molecule has 0 radical (unpaired) electrons. The van der Waals surface area contributed by atoms with Crippen molar-refractivity contribution in [2.75, 3.05) is 20.3 Å². The summed E-state index contributed by atoms with van der Waals surface area (Å²) in [4.78, 5) is 24.1. The lowest BCUT2D eigenvalue weighted by molar-refractivity contribution is -0.138. The van der Waals surface area contributed by atoms with E-state index in [4.69, 9.17) is 14.6 Å². The molecule has 0 saturated carbocycles. The Morgan fingerprint density at radius 3 is 2.07 bits per heavy atom. The molecule has 3 rings (SSSR count). The Morgan fingerprint density at radius 2 is 1.40 bits per heavy atom. The Labute approximate surface area is 270 Å². The molecule has 0 saturated heterocycles. The third-order valence-electron chi connectivity index (χ3n) is 8.34. The van der Waals surface area contributed by atoms with E-state index in [9.17, 15) is 9.59 Å². The van der Waals surface area contributed by atoms with Crippen molar-refractivity contribution >= 4 is 11.8 Å². The van der Waals surface area contributed by atoms with Gasteiger partial charge in [-0.15, -0.1) is 0 Å². The van der Waals surface area contributed by atoms with Gasteiger partial charge in [-0.25, -0.2) is 0 Å². The monoisotopic (exact) mass is 610 g/mol. The molecule has 3 aromatic carbocycles. The van der Waals surface area contributed by atoms with Gasteiger partial charge in [-0.1, -0.05) is 86.9 Å². The summed E-state index contributed by atoms with van der Waals surface area (Å²) >= 11 is 0. The number of ketones is 1. The summed E-state index contributed by atoms with van der Waals surface area (Å²) in [6.07, 6.45) is 10.4. The van der Waals surface area contributed by atoms with Gasteiger partial charge in [-0.05, 0) is 92.0 Å². The average Bonchev–Trinajstić information content (AvgIpc) is 3.06. The number of Topliss-reactive ketones (excluding diaryl/α,β-unsaturated/α-hetero) is 1. The highest BCUT2D eigenvalue weighted by Gasteiger charge is 2.18. The van der Waals surface area contributed by atoms with E-state index in [1.54, 1.807) is 7.11 Å². The molecule has 240 valence electrons. The van der Waals surface area contributed by atoms with Gasteiger partial charge in [-0.2, -0.15) is 0 Å². The number of carboxylic acid groups (broad SMARTS) is 1. The molecule has 0 aliphatic heterocycles. The predicted octanol–water partition coefficient (Wildman–Crippen LogP) is 9.02. The first-order chi connectivity index (χ1) is 22.0. The molecule has 2 atom stereocenters. The molecule has 0 heterocycles. The number of rotatable bonds is 21. The molecular formula is C40H50O5. The van der Waals surface area contributed by atoms with Gasteiger partial charge in [0.1, 0.15) is 11.5 Å². The molecule has 0 fully saturated rings. The summed E-state index contributed by atoms with van der Waals surface area (Å²) in [5.74, 6) is 7.34. The van der Waals surface area contributed by atoms with Gasteiger partial charge < -0.3 is 14.6 Å². The molecule has 0 aliphatic carbocycles. The summed E-state index contributed by atoms with van der Waals surface area (Å²) in [6.45, 7) is 2.95. The Bertz CT molecular complexity index is 1320. The predicted molar refractivity (Wildman–Crippen MR) is 182 cm³/mol. The van der Waals surface area contributed by atoms with Gasteiger partial charge in [0.15, 0.2) is 0 Å². The number of aryl methyl sites for hydroxylation is 1. The highest BCUT2D eigenvalue weighted by atomic mass is 16.5. The maximum atomic E-state index is 13.2. The highest BCUT2D eigenvalue weighted by Crippen LogP contribution is 2.28. The first-order valence-corrected chi connectivity index (χ1v) is 16.6. The van der Waals surface area contributed by atoms with Crippen molar-refractivity contribution in [1.29, 1.82) is 0 Å². The summed E-state index contributed by atoms with van der Waals surface area (Å²) in [5, 5.41) is 8.92. The summed E-state index contributed by atoms with van der Waals surface area (Å²) < 4.78 is 10.9. The molecule has 3 aromatic rings. The standard InChI is InChI=1S/C40H50O5/c1-3-4-14-37(39(41)17-10-13-33-22-26-38(44-2)27-23-33)16-9-8-15-35(28-30-45-31-29-40(42)43)36-24-20-34(21-25-36)19-18-32-11-6-5-7-12-32/h5-7,11-12,20-27,35,37H,3-4,8-10,13-17,28-31H2,1-2H3,(H,42,43)/t35-,37?/m1/s1. The minimum atomic E-state index is -0.841. The molecule has 0 amide bonds. The van der Waals surface area contributed by atoms with Crippen molar-refractivity contribution in [3.05, 3.63) is 101 Å². The number of ether oxygens (including phenoxy) is 2. The minimum Gasteiger partial charge on any atom is -0.497 e. The molecule has 0 spiro atoms. The van der Waals surface area contributed by atoms with E-state index in [-0.39, 0.29) is 18.9 Å². The zero-order valence-corrected chi connectivity index (χ0v) is 27.1. The third kappa shape index (κ3) is 14.2. The number of aliphatic carboxylic acids is 1. The molecule has 45 heavy (non-hydrogen) atoms. The molecule has 0 aliphatic rings. The van der Waals surface area contributed by atoms with E-state index in [2.05, 4.69) is 55.2 Å². The summed E-state index contributed by atoms with van der Waals surface area (Å²) in [7, 11) is 1.67. The van der Waals surface area contributed by atoms with Crippen molar-refractivity contribution in [2.24, 2.45) is 5.92 Å². The zero-order valence-electron chi connectivity index (χ0n) is 27.1. The van der Waals surface area contributed by atoms with Crippen LogP contribution in [0, 0.1) is 17.8 Å². The largest absolute Gasteiger partial charge is 0.497 e. The topological polar surface area (TPSA) is 72.8 Å². The van der Waals surface area contributed by atoms with Crippen molar-refractivity contribution < 1.29 is 24.2 Å². The zero-order chi connectivity index (χ0) is 32.1. The molecule has 0 bridgehead atoms. The Balaban J connectivity index is 1.53. The number of methoxy groups -OCH3 is 1. The van der Waals surface area contributed by atoms with E-state index in [1.807, 2.05) is 42.5 Å². The fourth-order valence-electron chi connectivity index (χ4n) is 5.63. The molecule has 5 nitrogen and oxygen atoms in total. The Hall–Kier alpha value is -3.88. The van der Waals surface area contributed by atoms with Crippen LogP contribution in [0.2, 0.25) is 0 Å². The second-order valence-electron chi connectivity index (χ2n) is 11.8. The maximum Gasteiger partial charge on any atom is 0.305 e. The molecule has 1 N–H and O–H groups in total. The number of benzene rings is 3. The van der Waals surface area contributed by atoms with Gasteiger partial charge in [0.05, 0.1) is 20.1 Å². The van der Waals surface area contributed by atoms with E-state index in [0.29, 0.717) is 24.7 Å². The van der Waals surface area contributed by atoms with E-state index in [0.717, 1.165) is 81.1 Å². The molecule has 5 heteroatoms. The number of carbonyl (C=O) groups excluding carboxylic acids is 1. The lowest BCUT2D eigenvalue weighted by Crippen LogP contribution is -2.15. The van der Waals surface area contributed by atoms with Crippen LogP contribution in [0.1, 0.15) is 106 Å². The fourth-order valence-corrected chi connectivity index (χ4v) is 5.63. The second-order valence-corrected chi connectivity index (χ2v) is 11.8. The smallest absolute Gasteiger partial charge is 0.305 e.